The number of tetrazole rings is 1. The molecule has 0 atom stereocenters. The maximum absolute atomic E-state index is 12.0. The molecule has 6 heteroatoms. The van der Waals surface area contributed by atoms with Gasteiger partial charge in [-0.25, -0.2) is 0 Å². The number of aryl methyl sites for hydroxylation is 1. The molecular formula is C17H23N5O. The molecular weight excluding hydrogens is 290 g/mol. The summed E-state index contributed by atoms with van der Waals surface area (Å²) in [5, 5.41) is 15.3. The largest absolute Gasteiger partial charge is 0.354 e. The highest BCUT2D eigenvalue weighted by Crippen LogP contribution is 2.22. The normalized spacial score (nSPS) is 15.5. The summed E-state index contributed by atoms with van der Waals surface area (Å²) in [4.78, 5) is 13.4. The Labute approximate surface area is 136 Å². The van der Waals surface area contributed by atoms with Crippen LogP contribution in [0.4, 0.5) is 0 Å². The topological polar surface area (TPSA) is 72.7 Å². The Morgan fingerprint density at radius 1 is 1.26 bits per heavy atom. The zero-order valence-electron chi connectivity index (χ0n) is 13.5. The maximum Gasteiger partial charge on any atom is 0.243 e. The molecule has 6 nitrogen and oxygen atoms in total. The van der Waals surface area contributed by atoms with Crippen molar-refractivity contribution in [2.45, 2.75) is 45.6 Å². The lowest BCUT2D eigenvalue weighted by atomic mass is 9.89. The van der Waals surface area contributed by atoms with Crippen LogP contribution in [0.1, 0.15) is 37.7 Å². The van der Waals surface area contributed by atoms with Gasteiger partial charge >= 0.3 is 0 Å². The maximum atomic E-state index is 12.0. The molecule has 122 valence electrons. The average molecular weight is 313 g/mol. The van der Waals surface area contributed by atoms with Crippen LogP contribution in [-0.4, -0.2) is 32.7 Å². The fourth-order valence-corrected chi connectivity index (χ4v) is 3.08. The van der Waals surface area contributed by atoms with Crippen molar-refractivity contribution in [2.75, 3.05) is 6.54 Å². The third-order valence-corrected chi connectivity index (χ3v) is 4.44. The van der Waals surface area contributed by atoms with Crippen molar-refractivity contribution in [3.63, 3.8) is 0 Å². The van der Waals surface area contributed by atoms with Gasteiger partial charge in [0.05, 0.1) is 0 Å². The van der Waals surface area contributed by atoms with Gasteiger partial charge in [-0.05, 0) is 36.5 Å². The first kappa shape index (κ1) is 15.6. The Morgan fingerprint density at radius 2 is 2.04 bits per heavy atom. The third kappa shape index (κ3) is 4.15. The lowest BCUT2D eigenvalue weighted by Crippen LogP contribution is -2.33. The van der Waals surface area contributed by atoms with Crippen LogP contribution in [0.25, 0.3) is 11.4 Å². The van der Waals surface area contributed by atoms with Gasteiger partial charge in [0.15, 0.2) is 0 Å². The zero-order chi connectivity index (χ0) is 16.1. The monoisotopic (exact) mass is 313 g/mol. The first-order valence-electron chi connectivity index (χ1n) is 8.33. The van der Waals surface area contributed by atoms with Gasteiger partial charge in [0, 0.05) is 12.1 Å². The van der Waals surface area contributed by atoms with E-state index in [-0.39, 0.29) is 12.5 Å². The Bertz CT molecular complexity index is 661. The van der Waals surface area contributed by atoms with Crippen molar-refractivity contribution in [1.29, 1.82) is 0 Å². The number of hydrogen-bond donors (Lipinski definition) is 1. The first-order valence-corrected chi connectivity index (χ1v) is 8.33. The van der Waals surface area contributed by atoms with Crippen molar-refractivity contribution in [3.05, 3.63) is 29.8 Å². The molecule has 0 unspecified atom stereocenters. The molecule has 0 bridgehead atoms. The van der Waals surface area contributed by atoms with Gasteiger partial charge in [-0.15, -0.1) is 10.2 Å². The van der Waals surface area contributed by atoms with Crippen LogP contribution in [-0.2, 0) is 11.3 Å². The molecule has 0 radical (unpaired) electrons. The first-order chi connectivity index (χ1) is 11.2. The highest BCUT2D eigenvalue weighted by molar-refractivity contribution is 5.75. The average Bonchev–Trinajstić information content (AvgIpc) is 3.02. The number of nitrogens with zero attached hydrogens (tertiary/aromatic N) is 4. The van der Waals surface area contributed by atoms with Crippen LogP contribution in [0.15, 0.2) is 24.3 Å². The molecule has 1 aromatic heterocycles. The van der Waals surface area contributed by atoms with Gasteiger partial charge in [0.1, 0.15) is 6.54 Å². The molecule has 1 amide bonds. The van der Waals surface area contributed by atoms with E-state index < -0.39 is 0 Å². The summed E-state index contributed by atoms with van der Waals surface area (Å²) >= 11 is 0. The molecule has 1 heterocycles. The highest BCUT2D eigenvalue weighted by atomic mass is 16.2. The van der Waals surface area contributed by atoms with Gasteiger partial charge < -0.3 is 5.32 Å². The van der Waals surface area contributed by atoms with Crippen LogP contribution in [0.3, 0.4) is 0 Å². The molecule has 2 aromatic rings. The predicted octanol–water partition coefficient (Wildman–Crippen LogP) is 2.35. The number of aromatic nitrogens is 4. The summed E-state index contributed by atoms with van der Waals surface area (Å²) in [5.41, 5.74) is 2.04. The van der Waals surface area contributed by atoms with Gasteiger partial charge in [-0.2, -0.15) is 4.80 Å². The van der Waals surface area contributed by atoms with E-state index in [0.29, 0.717) is 11.7 Å². The SMILES string of the molecule is Cc1ccccc1-c1nnn(CC(=O)NCC2CCCCC2)n1. The summed E-state index contributed by atoms with van der Waals surface area (Å²) in [6, 6.07) is 7.88. The molecule has 1 aromatic carbocycles. The van der Waals surface area contributed by atoms with E-state index in [2.05, 4.69) is 20.7 Å². The molecule has 1 aliphatic carbocycles. The van der Waals surface area contributed by atoms with Crippen LogP contribution in [0.5, 0.6) is 0 Å². The number of hydrogen-bond acceptors (Lipinski definition) is 4. The lowest BCUT2D eigenvalue weighted by Gasteiger charge is -2.21. The highest BCUT2D eigenvalue weighted by Gasteiger charge is 2.15. The summed E-state index contributed by atoms with van der Waals surface area (Å²) < 4.78 is 0. The van der Waals surface area contributed by atoms with Crippen LogP contribution >= 0.6 is 0 Å². The van der Waals surface area contributed by atoms with Gasteiger partial charge in [-0.3, -0.25) is 4.79 Å². The van der Waals surface area contributed by atoms with E-state index in [4.69, 9.17) is 0 Å². The van der Waals surface area contributed by atoms with Crippen molar-refractivity contribution in [3.8, 4) is 11.4 Å². The minimum atomic E-state index is -0.0516. The molecule has 0 saturated heterocycles. The molecule has 1 aliphatic rings. The predicted molar refractivity (Wildman–Crippen MR) is 87.6 cm³/mol. The van der Waals surface area contributed by atoms with Gasteiger partial charge in [0.25, 0.3) is 0 Å². The van der Waals surface area contributed by atoms with E-state index in [0.717, 1.165) is 17.7 Å². The quantitative estimate of drug-likeness (QED) is 0.919. The molecule has 3 rings (SSSR count). The smallest absolute Gasteiger partial charge is 0.243 e. The van der Waals surface area contributed by atoms with Crippen molar-refractivity contribution >= 4 is 5.91 Å². The van der Waals surface area contributed by atoms with E-state index >= 15 is 0 Å². The van der Waals surface area contributed by atoms with Gasteiger partial charge in [0.2, 0.25) is 11.7 Å². The standard InChI is InChI=1S/C17H23N5O/c1-13-7-5-6-10-15(13)17-19-21-22(20-17)12-16(23)18-11-14-8-3-2-4-9-14/h5-7,10,14H,2-4,8-9,11-12H2,1H3,(H,18,23). The van der Waals surface area contributed by atoms with Crippen molar-refractivity contribution in [1.82, 2.24) is 25.5 Å². The van der Waals surface area contributed by atoms with Crippen LogP contribution in [0.2, 0.25) is 0 Å². The minimum Gasteiger partial charge on any atom is -0.354 e. The van der Waals surface area contributed by atoms with E-state index in [1.807, 2.05) is 31.2 Å². The zero-order valence-corrected chi connectivity index (χ0v) is 13.5. The van der Waals surface area contributed by atoms with Crippen molar-refractivity contribution in [2.24, 2.45) is 5.92 Å². The second-order valence-corrected chi connectivity index (χ2v) is 6.27. The summed E-state index contributed by atoms with van der Waals surface area (Å²) in [6.07, 6.45) is 6.34. The molecule has 23 heavy (non-hydrogen) atoms. The Balaban J connectivity index is 1.54. The van der Waals surface area contributed by atoms with E-state index in [9.17, 15) is 4.79 Å². The number of nitrogens with one attached hydrogen (secondary N) is 1. The summed E-state index contributed by atoms with van der Waals surface area (Å²) in [5.74, 6) is 1.13. The Kier molecular flexibility index (Phi) is 5.00. The fourth-order valence-electron chi connectivity index (χ4n) is 3.08. The van der Waals surface area contributed by atoms with E-state index in [1.165, 1.54) is 36.9 Å². The molecule has 0 aliphatic heterocycles. The van der Waals surface area contributed by atoms with Crippen molar-refractivity contribution < 1.29 is 4.79 Å². The molecule has 1 saturated carbocycles. The Morgan fingerprint density at radius 3 is 2.83 bits per heavy atom. The van der Waals surface area contributed by atoms with E-state index in [1.54, 1.807) is 0 Å². The molecule has 1 fully saturated rings. The molecule has 0 spiro atoms. The summed E-state index contributed by atoms with van der Waals surface area (Å²) in [7, 11) is 0. The number of amides is 1. The number of benzene rings is 1. The third-order valence-electron chi connectivity index (χ3n) is 4.44. The summed E-state index contributed by atoms with van der Waals surface area (Å²) in [6.45, 7) is 2.89. The fraction of sp³-hybridized carbons (Fsp3) is 0.529. The van der Waals surface area contributed by atoms with Crippen LogP contribution in [0, 0.1) is 12.8 Å². The lowest BCUT2D eigenvalue weighted by molar-refractivity contribution is -0.122. The van der Waals surface area contributed by atoms with Gasteiger partial charge in [-0.1, -0.05) is 43.5 Å². The second kappa shape index (κ2) is 7.35. The second-order valence-electron chi connectivity index (χ2n) is 6.27. The minimum absolute atomic E-state index is 0.0516. The van der Waals surface area contributed by atoms with Crippen LogP contribution < -0.4 is 5.32 Å². The number of rotatable bonds is 5. The molecule has 1 N–H and O–H groups in total. The Hall–Kier alpha value is -2.24. The number of carbonyl (C=O) groups is 1. The number of carbonyl (C=O) groups excluding carboxylic acids is 1.